The number of carbonyl (C=O) groups is 2. The first-order valence-electron chi connectivity index (χ1n) is 12.5. The number of pyridine rings is 1. The van der Waals surface area contributed by atoms with Gasteiger partial charge in [0.1, 0.15) is 18.2 Å². The van der Waals surface area contributed by atoms with Crippen LogP contribution in [0.3, 0.4) is 0 Å². The Morgan fingerprint density at radius 3 is 2.76 bits per heavy atom. The van der Waals surface area contributed by atoms with Crippen LogP contribution in [-0.2, 0) is 9.53 Å². The van der Waals surface area contributed by atoms with Crippen molar-refractivity contribution >= 4 is 29.3 Å². The van der Waals surface area contributed by atoms with Crippen molar-refractivity contribution in [3.05, 3.63) is 35.9 Å². The highest BCUT2D eigenvalue weighted by Gasteiger charge is 2.36. The van der Waals surface area contributed by atoms with E-state index in [1.54, 1.807) is 36.1 Å². The fourth-order valence-corrected chi connectivity index (χ4v) is 4.67. The first-order chi connectivity index (χ1) is 18.0. The number of carbonyl (C=O) groups excluding carboxylic acids is 2. The number of ether oxygens (including phenoxy) is 1. The van der Waals surface area contributed by atoms with Crippen LogP contribution in [0.25, 0.3) is 11.1 Å². The zero-order chi connectivity index (χ0) is 27.4. The lowest BCUT2D eigenvalue weighted by Gasteiger charge is -2.27. The van der Waals surface area contributed by atoms with Crippen LogP contribution in [0, 0.1) is 12.8 Å². The predicted molar refractivity (Wildman–Crippen MR) is 137 cm³/mol. The van der Waals surface area contributed by atoms with Gasteiger partial charge in [0.2, 0.25) is 0 Å². The summed E-state index contributed by atoms with van der Waals surface area (Å²) < 4.78 is 43.5. The van der Waals surface area contributed by atoms with Gasteiger partial charge in [0, 0.05) is 31.2 Å². The monoisotopic (exact) mass is 535 g/mol. The van der Waals surface area contributed by atoms with Gasteiger partial charge in [0.25, 0.3) is 5.91 Å². The lowest BCUT2D eigenvalue weighted by molar-refractivity contribution is -0.143. The Morgan fingerprint density at radius 1 is 1.26 bits per heavy atom. The molecule has 2 saturated heterocycles. The second kappa shape index (κ2) is 11.6. The minimum atomic E-state index is -4.25. The van der Waals surface area contributed by atoms with Gasteiger partial charge in [-0.2, -0.15) is 13.2 Å². The van der Waals surface area contributed by atoms with Crippen LogP contribution in [0.1, 0.15) is 25.3 Å². The molecule has 0 bridgehead atoms. The summed E-state index contributed by atoms with van der Waals surface area (Å²) in [5.74, 6) is 0.0962. The Hall–Kier alpha value is -3.38. The molecule has 2 aliphatic heterocycles. The summed E-state index contributed by atoms with van der Waals surface area (Å²) in [4.78, 5) is 32.8. The molecule has 0 radical (unpaired) electrons. The molecule has 0 saturated carbocycles. The second-order valence-corrected chi connectivity index (χ2v) is 9.81. The molecule has 206 valence electrons. The van der Waals surface area contributed by atoms with Crippen LogP contribution in [-0.4, -0.2) is 78.6 Å². The number of anilines is 3. The molecule has 2 atom stereocenters. The van der Waals surface area contributed by atoms with Crippen LogP contribution < -0.4 is 15.5 Å². The van der Waals surface area contributed by atoms with E-state index in [1.807, 2.05) is 13.0 Å². The van der Waals surface area contributed by atoms with E-state index in [1.165, 1.54) is 4.90 Å². The van der Waals surface area contributed by atoms with Crippen molar-refractivity contribution < 1.29 is 32.6 Å². The molecule has 4 rings (SSSR count). The third kappa shape index (κ3) is 6.93. The number of aromatic nitrogens is 1. The number of morpholine rings is 1. The Balaban J connectivity index is 1.58. The highest BCUT2D eigenvalue weighted by molar-refractivity contribution is 5.95. The largest absolute Gasteiger partial charge is 0.394 e. The van der Waals surface area contributed by atoms with Crippen molar-refractivity contribution in [1.29, 1.82) is 0 Å². The van der Waals surface area contributed by atoms with Crippen LogP contribution in [0.15, 0.2) is 30.3 Å². The number of urea groups is 1. The number of aliphatic hydroxyl groups is 1. The number of hydrogen-bond donors (Lipinski definition) is 3. The van der Waals surface area contributed by atoms with Gasteiger partial charge in [0.05, 0.1) is 19.8 Å². The number of nitrogens with one attached hydrogen (secondary N) is 2. The van der Waals surface area contributed by atoms with E-state index in [9.17, 15) is 27.9 Å². The van der Waals surface area contributed by atoms with Gasteiger partial charge < -0.3 is 25.4 Å². The van der Waals surface area contributed by atoms with Crippen LogP contribution in [0.4, 0.5) is 35.3 Å². The first kappa shape index (κ1) is 27.6. The fraction of sp³-hybridized carbons (Fsp3) is 0.500. The van der Waals surface area contributed by atoms with Gasteiger partial charge in [-0.25, -0.2) is 9.78 Å². The number of amides is 3. The summed E-state index contributed by atoms with van der Waals surface area (Å²) in [6.45, 7) is 4.62. The molecule has 2 aliphatic rings. The maximum absolute atomic E-state index is 12.8. The third-order valence-electron chi connectivity index (χ3n) is 6.64. The molecule has 1 aromatic carbocycles. The number of nitrogens with zero attached hydrogens (tertiary/aromatic N) is 3. The van der Waals surface area contributed by atoms with E-state index < -0.39 is 24.5 Å². The molecule has 12 heteroatoms. The summed E-state index contributed by atoms with van der Waals surface area (Å²) in [5, 5.41) is 15.4. The van der Waals surface area contributed by atoms with E-state index in [0.717, 1.165) is 16.7 Å². The Bertz CT molecular complexity index is 1180. The number of aryl methyl sites for hydroxylation is 1. The van der Waals surface area contributed by atoms with Crippen LogP contribution in [0.5, 0.6) is 0 Å². The number of hydrogen-bond acceptors (Lipinski definition) is 6. The van der Waals surface area contributed by atoms with E-state index in [4.69, 9.17) is 4.74 Å². The number of likely N-dealkylation sites (tertiary alicyclic amines) is 1. The Labute approximate surface area is 219 Å². The third-order valence-corrected chi connectivity index (χ3v) is 6.64. The predicted octanol–water partition coefficient (Wildman–Crippen LogP) is 4.02. The summed E-state index contributed by atoms with van der Waals surface area (Å²) in [5.41, 5.74) is 2.92. The van der Waals surface area contributed by atoms with E-state index in [2.05, 4.69) is 15.6 Å². The quantitative estimate of drug-likeness (QED) is 0.495. The lowest BCUT2D eigenvalue weighted by Crippen LogP contribution is -2.42. The molecule has 2 aromatic rings. The summed E-state index contributed by atoms with van der Waals surface area (Å²) >= 11 is 0. The number of rotatable bonds is 7. The standard InChI is InChI=1S/C26H32F3N5O4/c1-16-3-4-20(31-25(37)33-6-5-18(13-33)12-26(27,28)29)11-21(16)19-9-22(30-17(2)14-35)32-23(10-19)34-7-8-38-15-24(34)36/h3-4,9-11,17-18,35H,5-8,12-15H2,1-2H3,(H,30,32)(H,31,37)/t17-,18?/m1/s1. The van der Waals surface area contributed by atoms with Crippen molar-refractivity contribution in [1.82, 2.24) is 9.88 Å². The van der Waals surface area contributed by atoms with Gasteiger partial charge >= 0.3 is 12.2 Å². The molecule has 2 fully saturated rings. The number of halogens is 3. The Morgan fingerprint density at radius 2 is 2.05 bits per heavy atom. The van der Waals surface area contributed by atoms with Gasteiger partial charge in [-0.1, -0.05) is 6.07 Å². The Kier molecular flexibility index (Phi) is 8.41. The van der Waals surface area contributed by atoms with Crippen molar-refractivity contribution in [2.24, 2.45) is 5.92 Å². The summed E-state index contributed by atoms with van der Waals surface area (Å²) in [6, 6.07) is 8.23. The second-order valence-electron chi connectivity index (χ2n) is 9.81. The summed E-state index contributed by atoms with van der Waals surface area (Å²) in [6.07, 6.45) is -4.83. The molecule has 3 N–H and O–H groups in total. The van der Waals surface area contributed by atoms with Gasteiger partial charge in [-0.3, -0.25) is 9.69 Å². The van der Waals surface area contributed by atoms with E-state index >= 15 is 0 Å². The average Bonchev–Trinajstić information content (AvgIpc) is 3.32. The molecule has 38 heavy (non-hydrogen) atoms. The molecule has 9 nitrogen and oxygen atoms in total. The van der Waals surface area contributed by atoms with Gasteiger partial charge in [-0.15, -0.1) is 0 Å². The zero-order valence-electron chi connectivity index (χ0n) is 21.3. The number of aliphatic hydroxyl groups excluding tert-OH is 1. The smallest absolute Gasteiger partial charge is 0.389 e. The first-order valence-corrected chi connectivity index (χ1v) is 12.5. The van der Waals surface area contributed by atoms with Crippen LogP contribution in [0.2, 0.25) is 0 Å². The molecule has 0 spiro atoms. The highest BCUT2D eigenvalue weighted by atomic mass is 19.4. The number of alkyl halides is 3. The molecule has 3 amide bonds. The van der Waals surface area contributed by atoms with Gasteiger partial charge in [-0.05, 0) is 67.1 Å². The zero-order valence-corrected chi connectivity index (χ0v) is 21.3. The molecule has 1 unspecified atom stereocenters. The van der Waals surface area contributed by atoms with Crippen LogP contribution >= 0.6 is 0 Å². The van der Waals surface area contributed by atoms with Crippen molar-refractivity contribution in [3.63, 3.8) is 0 Å². The molecule has 0 aliphatic carbocycles. The molecule has 3 heterocycles. The minimum Gasteiger partial charge on any atom is -0.394 e. The number of benzene rings is 1. The van der Waals surface area contributed by atoms with Crippen molar-refractivity contribution in [3.8, 4) is 11.1 Å². The topological polar surface area (TPSA) is 107 Å². The molecule has 1 aromatic heterocycles. The normalized spacial score (nSPS) is 19.0. The average molecular weight is 536 g/mol. The SMILES string of the molecule is Cc1ccc(NC(=O)N2CCC(CC(F)(F)F)C2)cc1-c1cc(N[C@H](C)CO)nc(N2CCOCC2=O)c1. The van der Waals surface area contributed by atoms with Crippen molar-refractivity contribution in [2.75, 3.05) is 55.0 Å². The molecular weight excluding hydrogens is 503 g/mol. The summed E-state index contributed by atoms with van der Waals surface area (Å²) in [7, 11) is 0. The maximum Gasteiger partial charge on any atom is 0.389 e. The highest BCUT2D eigenvalue weighted by Crippen LogP contribution is 2.33. The maximum atomic E-state index is 12.8. The van der Waals surface area contributed by atoms with Gasteiger partial charge in [0.15, 0.2) is 0 Å². The molecular formula is C26H32F3N5O4. The van der Waals surface area contributed by atoms with E-state index in [0.29, 0.717) is 36.9 Å². The van der Waals surface area contributed by atoms with Crippen molar-refractivity contribution in [2.45, 2.75) is 38.9 Å². The minimum absolute atomic E-state index is 0.0391. The lowest BCUT2D eigenvalue weighted by atomic mass is 10.00. The fourth-order valence-electron chi connectivity index (χ4n) is 4.67. The van der Waals surface area contributed by atoms with E-state index in [-0.39, 0.29) is 38.3 Å².